The summed E-state index contributed by atoms with van der Waals surface area (Å²) in [5.74, 6) is 0.862. The molecule has 0 aliphatic rings. The lowest BCUT2D eigenvalue weighted by atomic mass is 10.0. The fourth-order valence-electron chi connectivity index (χ4n) is 2.19. The average Bonchev–Trinajstić information content (AvgIpc) is 2.47. The van der Waals surface area contributed by atoms with E-state index in [1.54, 1.807) is 7.11 Å². The maximum Gasteiger partial charge on any atom is 0.305 e. The number of ether oxygens (including phenoxy) is 2. The summed E-state index contributed by atoms with van der Waals surface area (Å²) in [5.41, 5.74) is 1.33. The molecule has 3 heteroatoms. The second-order valence-electron chi connectivity index (χ2n) is 4.92. The number of carbonyl (C=O) groups excluding carboxylic acids is 1. The van der Waals surface area contributed by atoms with E-state index in [0.717, 1.165) is 25.0 Å². The van der Waals surface area contributed by atoms with Crippen LogP contribution < -0.4 is 4.74 Å². The Morgan fingerprint density at radius 3 is 2.60 bits per heavy atom. The highest BCUT2D eigenvalue weighted by atomic mass is 16.5. The molecule has 0 heterocycles. The summed E-state index contributed by atoms with van der Waals surface area (Å²) in [4.78, 5) is 11.1. The minimum atomic E-state index is -0.0659. The van der Waals surface area contributed by atoms with E-state index >= 15 is 0 Å². The Hall–Kier alpha value is -1.51. The third kappa shape index (κ3) is 7.17. The highest BCUT2D eigenvalue weighted by molar-refractivity contribution is 5.69. The highest BCUT2D eigenvalue weighted by Crippen LogP contribution is 2.15. The Morgan fingerprint density at radius 1 is 1.10 bits per heavy atom. The van der Waals surface area contributed by atoms with Crippen molar-refractivity contribution < 1.29 is 14.3 Å². The molecule has 3 nitrogen and oxygen atoms in total. The van der Waals surface area contributed by atoms with Crippen LogP contribution >= 0.6 is 0 Å². The molecule has 1 aromatic carbocycles. The first-order valence-electron chi connectivity index (χ1n) is 7.54. The lowest BCUT2D eigenvalue weighted by molar-refractivity contribution is -0.143. The number of carbonyl (C=O) groups is 1. The van der Waals surface area contributed by atoms with E-state index in [9.17, 15) is 4.79 Å². The topological polar surface area (TPSA) is 35.5 Å². The van der Waals surface area contributed by atoms with Gasteiger partial charge in [0.2, 0.25) is 0 Å². The minimum absolute atomic E-state index is 0.0659. The quantitative estimate of drug-likeness (QED) is 0.476. The summed E-state index contributed by atoms with van der Waals surface area (Å²) in [6.07, 6.45) is 7.28. The molecule has 0 aliphatic carbocycles. The Bertz CT molecular complexity index is 388. The minimum Gasteiger partial charge on any atom is -0.497 e. The molecule has 0 unspecified atom stereocenters. The van der Waals surface area contributed by atoms with E-state index in [4.69, 9.17) is 9.47 Å². The van der Waals surface area contributed by atoms with Gasteiger partial charge in [-0.15, -0.1) is 0 Å². The molecule has 0 bridgehead atoms. The molecule has 0 saturated heterocycles. The largest absolute Gasteiger partial charge is 0.497 e. The molecule has 0 fully saturated rings. The zero-order valence-corrected chi connectivity index (χ0v) is 12.7. The van der Waals surface area contributed by atoms with Gasteiger partial charge in [-0.05, 0) is 43.9 Å². The van der Waals surface area contributed by atoms with Crippen LogP contribution in [-0.4, -0.2) is 19.7 Å². The Kier molecular flexibility index (Phi) is 8.52. The molecular formula is C17H26O3. The monoisotopic (exact) mass is 278 g/mol. The number of rotatable bonds is 10. The van der Waals surface area contributed by atoms with Crippen molar-refractivity contribution in [1.29, 1.82) is 0 Å². The number of hydrogen-bond acceptors (Lipinski definition) is 3. The number of methoxy groups -OCH3 is 1. The molecule has 0 amide bonds. The van der Waals surface area contributed by atoms with Gasteiger partial charge in [0.1, 0.15) is 5.75 Å². The second kappa shape index (κ2) is 10.3. The van der Waals surface area contributed by atoms with Crippen molar-refractivity contribution in [3.63, 3.8) is 0 Å². The van der Waals surface area contributed by atoms with Crippen molar-refractivity contribution in [2.45, 2.75) is 51.9 Å². The number of aryl methyl sites for hydroxylation is 1. The van der Waals surface area contributed by atoms with Crippen molar-refractivity contribution in [3.8, 4) is 5.75 Å². The van der Waals surface area contributed by atoms with E-state index in [1.807, 2.05) is 19.1 Å². The first kappa shape index (κ1) is 16.5. The normalized spacial score (nSPS) is 10.3. The molecule has 0 N–H and O–H groups in total. The summed E-state index contributed by atoms with van der Waals surface area (Å²) in [6.45, 7) is 2.33. The zero-order valence-electron chi connectivity index (χ0n) is 12.7. The lowest BCUT2D eigenvalue weighted by Gasteiger charge is -2.05. The summed E-state index contributed by atoms with van der Waals surface area (Å²) >= 11 is 0. The summed E-state index contributed by atoms with van der Waals surface area (Å²) in [6, 6.07) is 8.25. The van der Waals surface area contributed by atoms with Crippen LogP contribution in [0.5, 0.6) is 5.75 Å². The Balaban J connectivity index is 2.03. The number of hydrogen-bond donors (Lipinski definition) is 0. The van der Waals surface area contributed by atoms with Crippen LogP contribution in [0.4, 0.5) is 0 Å². The van der Waals surface area contributed by atoms with Crippen molar-refractivity contribution in [1.82, 2.24) is 0 Å². The van der Waals surface area contributed by atoms with Crippen LogP contribution in [0.1, 0.15) is 51.0 Å². The maximum absolute atomic E-state index is 11.1. The van der Waals surface area contributed by atoms with Gasteiger partial charge in [0, 0.05) is 6.42 Å². The molecule has 20 heavy (non-hydrogen) atoms. The maximum atomic E-state index is 11.1. The molecule has 1 rings (SSSR count). The van der Waals surface area contributed by atoms with Crippen molar-refractivity contribution in [3.05, 3.63) is 29.8 Å². The van der Waals surface area contributed by atoms with E-state index < -0.39 is 0 Å². The third-order valence-corrected chi connectivity index (χ3v) is 3.29. The van der Waals surface area contributed by atoms with Gasteiger partial charge in [0.15, 0.2) is 0 Å². The first-order valence-corrected chi connectivity index (χ1v) is 7.54. The predicted octanol–water partition coefficient (Wildman–Crippen LogP) is 4.14. The van der Waals surface area contributed by atoms with E-state index in [1.165, 1.54) is 24.8 Å². The van der Waals surface area contributed by atoms with E-state index in [2.05, 4.69) is 12.1 Å². The van der Waals surface area contributed by atoms with Crippen molar-refractivity contribution >= 4 is 5.97 Å². The van der Waals surface area contributed by atoms with Crippen LogP contribution in [0.15, 0.2) is 24.3 Å². The van der Waals surface area contributed by atoms with E-state index in [-0.39, 0.29) is 5.97 Å². The Morgan fingerprint density at radius 2 is 1.85 bits per heavy atom. The summed E-state index contributed by atoms with van der Waals surface area (Å²) < 4.78 is 10.1. The standard InChI is InChI=1S/C17H26O3/c1-3-20-17(18)13-8-6-4-5-7-10-15-11-9-12-16(14-15)19-2/h9,11-12,14H,3-8,10,13H2,1-2H3. The van der Waals surface area contributed by atoms with Crippen LogP contribution in [0.3, 0.4) is 0 Å². The first-order chi connectivity index (χ1) is 9.76. The predicted molar refractivity (Wildman–Crippen MR) is 81.0 cm³/mol. The van der Waals surface area contributed by atoms with Gasteiger partial charge in [-0.25, -0.2) is 0 Å². The molecule has 0 atom stereocenters. The van der Waals surface area contributed by atoms with Gasteiger partial charge < -0.3 is 9.47 Å². The van der Waals surface area contributed by atoms with Gasteiger partial charge in [-0.3, -0.25) is 4.79 Å². The lowest BCUT2D eigenvalue weighted by Crippen LogP contribution is -2.03. The van der Waals surface area contributed by atoms with E-state index in [0.29, 0.717) is 13.0 Å². The molecule has 1 aromatic rings. The van der Waals surface area contributed by atoms with Gasteiger partial charge in [0.25, 0.3) is 0 Å². The summed E-state index contributed by atoms with van der Waals surface area (Å²) in [7, 11) is 1.70. The van der Waals surface area contributed by atoms with Gasteiger partial charge in [-0.2, -0.15) is 0 Å². The molecule has 0 aliphatic heterocycles. The number of benzene rings is 1. The molecular weight excluding hydrogens is 252 g/mol. The van der Waals surface area contributed by atoms with Crippen molar-refractivity contribution in [2.24, 2.45) is 0 Å². The van der Waals surface area contributed by atoms with Gasteiger partial charge in [0.05, 0.1) is 13.7 Å². The van der Waals surface area contributed by atoms with Crippen LogP contribution in [0.25, 0.3) is 0 Å². The Labute approximate surface area is 122 Å². The SMILES string of the molecule is CCOC(=O)CCCCCCCc1cccc(OC)c1. The smallest absolute Gasteiger partial charge is 0.305 e. The fourth-order valence-corrected chi connectivity index (χ4v) is 2.19. The van der Waals surface area contributed by atoms with Gasteiger partial charge >= 0.3 is 5.97 Å². The van der Waals surface area contributed by atoms with Gasteiger partial charge in [-0.1, -0.05) is 31.4 Å². The molecule has 112 valence electrons. The zero-order chi connectivity index (χ0) is 14.6. The molecule has 0 radical (unpaired) electrons. The number of esters is 1. The molecule has 0 aromatic heterocycles. The third-order valence-electron chi connectivity index (χ3n) is 3.29. The molecule has 0 spiro atoms. The highest BCUT2D eigenvalue weighted by Gasteiger charge is 2.01. The summed E-state index contributed by atoms with van der Waals surface area (Å²) in [5, 5.41) is 0. The van der Waals surface area contributed by atoms with Crippen LogP contribution in [-0.2, 0) is 16.0 Å². The fraction of sp³-hybridized carbons (Fsp3) is 0.588. The van der Waals surface area contributed by atoms with Crippen molar-refractivity contribution in [2.75, 3.05) is 13.7 Å². The molecule has 0 saturated carbocycles. The second-order valence-corrected chi connectivity index (χ2v) is 4.92. The average molecular weight is 278 g/mol. The van der Waals surface area contributed by atoms with Crippen LogP contribution in [0.2, 0.25) is 0 Å². The number of unbranched alkanes of at least 4 members (excludes halogenated alkanes) is 4. The van der Waals surface area contributed by atoms with Crippen LogP contribution in [0, 0.1) is 0 Å².